The average molecular weight is 1070 g/mol. The van der Waals surface area contributed by atoms with Gasteiger partial charge in [0.05, 0.1) is 139 Å². The molecular weight excluding hydrogens is 989 g/mol. The van der Waals surface area contributed by atoms with E-state index in [-0.39, 0.29) is 85.7 Å². The van der Waals surface area contributed by atoms with E-state index in [0.717, 1.165) is 45.4 Å². The second-order valence-corrected chi connectivity index (χ2v) is 21.4. The van der Waals surface area contributed by atoms with Gasteiger partial charge in [-0.3, -0.25) is 24.1 Å². The second-order valence-electron chi connectivity index (χ2n) is 21.4. The number of piperazine rings is 1. The number of rotatable bonds is 31. The number of carbonyl (C=O) groups is 4. The minimum Gasteiger partial charge on any atom is -0.382 e. The normalized spacial score (nSPS) is 19.2. The number of fused-ring (bicyclic) bond motifs is 2. The Hall–Kier alpha value is -4.80. The Kier molecular flexibility index (Phi) is 20.0. The summed E-state index contributed by atoms with van der Waals surface area (Å²) in [6, 6.07) is 14.3. The van der Waals surface area contributed by atoms with Crippen LogP contribution in [0.2, 0.25) is 0 Å². The summed E-state index contributed by atoms with van der Waals surface area (Å²) in [6.07, 6.45) is -1.21. The number of amides is 4. The molecule has 77 heavy (non-hydrogen) atoms. The van der Waals surface area contributed by atoms with Crippen LogP contribution in [0.3, 0.4) is 0 Å². The molecule has 5 aromatic carbocycles. The van der Waals surface area contributed by atoms with Crippen LogP contribution < -0.4 is 0 Å². The number of carbonyl (C=O) groups excluding carboxylic acids is 4. The minimum absolute atomic E-state index is 0.0321. The van der Waals surface area contributed by atoms with Gasteiger partial charge in [-0.2, -0.15) is 0 Å². The quantitative estimate of drug-likeness (QED) is 0.0186. The Balaban J connectivity index is 0.756. The molecule has 18 nitrogen and oxygen atoms in total. The van der Waals surface area contributed by atoms with Gasteiger partial charge >= 0.3 is 0 Å². The smallest absolute Gasteiger partial charge is 0.276 e. The van der Waals surface area contributed by atoms with Crippen LogP contribution in [0.5, 0.6) is 0 Å². The molecule has 0 N–H and O–H groups in total. The van der Waals surface area contributed by atoms with E-state index < -0.39 is 6.04 Å². The van der Waals surface area contributed by atoms with Crippen LogP contribution in [0.1, 0.15) is 104 Å². The maximum atomic E-state index is 14.4. The SMILES string of the molecule is COCCOCC(C)OCC(C)OCC(C)OCC(C)OCC(C)OCC(C)OCC(C)OCC(C)OCC(C)N1C(=O)c2ccc3c4ccc5c6c(ccc(c7ccc(c2c37)C1=O)c64)C(=O)N(N1CCN(C)CC1)C5=O. The molecule has 9 unspecified atom stereocenters. The summed E-state index contributed by atoms with van der Waals surface area (Å²) in [5, 5.41) is 9.44. The number of methoxy groups -OCH3 is 1. The molecule has 18 heteroatoms. The van der Waals surface area contributed by atoms with Crippen molar-refractivity contribution >= 4 is 66.7 Å². The van der Waals surface area contributed by atoms with E-state index in [9.17, 15) is 19.2 Å². The Labute approximate surface area is 452 Å². The first-order chi connectivity index (χ1) is 37.0. The lowest BCUT2D eigenvalue weighted by atomic mass is 9.82. The Morgan fingerprint density at radius 1 is 0.390 bits per heavy atom. The summed E-state index contributed by atoms with van der Waals surface area (Å²) in [5.74, 6) is -1.43. The zero-order valence-electron chi connectivity index (χ0n) is 46.9. The first kappa shape index (κ1) is 58.4. The van der Waals surface area contributed by atoms with Gasteiger partial charge in [-0.15, -0.1) is 0 Å². The number of hydrogen-bond donors (Lipinski definition) is 0. The monoisotopic (exact) mass is 1070 g/mol. The van der Waals surface area contributed by atoms with Gasteiger partial charge in [0.25, 0.3) is 23.6 Å². The molecule has 3 heterocycles. The summed E-state index contributed by atoms with van der Waals surface area (Å²) in [5.41, 5.74) is 1.84. The fourth-order valence-electron chi connectivity index (χ4n) is 10.2. The van der Waals surface area contributed by atoms with Gasteiger partial charge in [-0.1, -0.05) is 24.3 Å². The predicted molar refractivity (Wildman–Crippen MR) is 293 cm³/mol. The molecule has 1 saturated heterocycles. The molecule has 0 radical (unpaired) electrons. The largest absolute Gasteiger partial charge is 0.382 e. The minimum atomic E-state index is -0.571. The van der Waals surface area contributed by atoms with Crippen molar-refractivity contribution < 1.29 is 66.5 Å². The molecule has 4 amide bonds. The lowest BCUT2D eigenvalue weighted by molar-refractivity contribution is -0.110. The standard InChI is InChI=1S/C59H80N4O14/c1-35(26-70-37(3)28-72-39(5)30-74-41(7)32-76-43(9)34-77-42(8)33-75-40(6)31-73-38(4)29-71-36(2)27-69-25-24-68-11)62-56(64)48-16-12-44-46-14-18-50-55-51(59(67)63(58(50)66)61-22-20-60(10)21-23-61)19-15-47(53(46)55)45-13-17-49(57(62)65)54(48)52(44)45/h12-19,35-43H,20-34H2,1-11H3. The van der Waals surface area contributed by atoms with Gasteiger partial charge in [0.15, 0.2) is 0 Å². The van der Waals surface area contributed by atoms with Crippen molar-refractivity contribution in [1.29, 1.82) is 0 Å². The van der Waals surface area contributed by atoms with Crippen molar-refractivity contribution in [2.45, 2.75) is 117 Å². The molecule has 3 aliphatic heterocycles. The van der Waals surface area contributed by atoms with Crippen LogP contribution in [-0.4, -0.2) is 211 Å². The van der Waals surface area contributed by atoms with Crippen LogP contribution in [0, 0.1) is 0 Å². The third-order valence-corrected chi connectivity index (χ3v) is 14.6. The van der Waals surface area contributed by atoms with Crippen molar-refractivity contribution in [1.82, 2.24) is 19.8 Å². The van der Waals surface area contributed by atoms with Crippen LogP contribution in [0.4, 0.5) is 0 Å². The number of hydrazine groups is 1. The highest BCUT2D eigenvalue weighted by molar-refractivity contribution is 6.41. The molecule has 9 atom stereocenters. The molecule has 5 aromatic rings. The average Bonchev–Trinajstić information content (AvgIpc) is 3.56. The zero-order valence-corrected chi connectivity index (χ0v) is 46.9. The van der Waals surface area contributed by atoms with E-state index in [1.54, 1.807) is 19.2 Å². The molecule has 1 fully saturated rings. The lowest BCUT2D eigenvalue weighted by Gasteiger charge is -2.40. The summed E-state index contributed by atoms with van der Waals surface area (Å²) < 4.78 is 58.5. The highest BCUT2D eigenvalue weighted by Gasteiger charge is 2.40. The second kappa shape index (κ2) is 26.4. The number of benzene rings is 5. The van der Waals surface area contributed by atoms with Crippen LogP contribution in [0.25, 0.3) is 43.1 Å². The first-order valence-electron chi connectivity index (χ1n) is 27.4. The summed E-state index contributed by atoms with van der Waals surface area (Å²) in [7, 11) is 3.68. The van der Waals surface area contributed by atoms with Crippen molar-refractivity contribution in [3.63, 3.8) is 0 Å². The first-order valence-corrected chi connectivity index (χ1v) is 27.4. The van der Waals surface area contributed by atoms with Crippen molar-refractivity contribution in [2.24, 2.45) is 0 Å². The van der Waals surface area contributed by atoms with Gasteiger partial charge < -0.3 is 52.3 Å². The third-order valence-electron chi connectivity index (χ3n) is 14.6. The van der Waals surface area contributed by atoms with E-state index >= 15 is 0 Å². The van der Waals surface area contributed by atoms with Gasteiger partial charge in [0, 0.05) is 55.2 Å². The number of ether oxygens (including phenoxy) is 10. The summed E-state index contributed by atoms with van der Waals surface area (Å²) >= 11 is 0. The molecule has 0 aromatic heterocycles. The molecule has 0 spiro atoms. The van der Waals surface area contributed by atoms with E-state index in [0.29, 0.717) is 106 Å². The Morgan fingerprint density at radius 2 is 0.701 bits per heavy atom. The molecule has 0 aliphatic carbocycles. The van der Waals surface area contributed by atoms with Crippen molar-refractivity contribution in [3.05, 3.63) is 70.8 Å². The van der Waals surface area contributed by atoms with Crippen LogP contribution >= 0.6 is 0 Å². The number of imide groups is 2. The third kappa shape index (κ3) is 13.5. The highest BCUT2D eigenvalue weighted by Crippen LogP contribution is 2.46. The predicted octanol–water partition coefficient (Wildman–Crippen LogP) is 7.38. The maximum Gasteiger partial charge on any atom is 0.276 e. The van der Waals surface area contributed by atoms with E-state index in [2.05, 4.69) is 4.90 Å². The zero-order chi connectivity index (χ0) is 55.1. The lowest BCUT2D eigenvalue weighted by Crippen LogP contribution is -2.57. The number of hydrogen-bond acceptors (Lipinski definition) is 16. The topological polar surface area (TPSA) is 174 Å². The fraction of sp³-hybridized carbons (Fsp3) is 0.593. The molecular formula is C59H80N4O14. The van der Waals surface area contributed by atoms with Gasteiger partial charge in [0.1, 0.15) is 0 Å². The van der Waals surface area contributed by atoms with Gasteiger partial charge in [0.2, 0.25) is 0 Å². The van der Waals surface area contributed by atoms with Crippen LogP contribution in [-0.2, 0) is 47.4 Å². The number of likely N-dealkylation sites (N-methyl/N-ethyl adjacent to an activating group) is 1. The Bertz CT molecular complexity index is 2720. The van der Waals surface area contributed by atoms with E-state index in [4.69, 9.17) is 47.4 Å². The Morgan fingerprint density at radius 3 is 1.04 bits per heavy atom. The van der Waals surface area contributed by atoms with Gasteiger partial charge in [-0.05, 0) is 126 Å². The summed E-state index contributed by atoms with van der Waals surface area (Å²) in [4.78, 5) is 60.4. The number of nitrogens with zero attached hydrogens (tertiary/aromatic N) is 4. The van der Waals surface area contributed by atoms with Gasteiger partial charge in [-0.25, -0.2) is 10.0 Å². The van der Waals surface area contributed by atoms with Crippen LogP contribution in [0.15, 0.2) is 48.5 Å². The molecule has 8 rings (SSSR count). The summed E-state index contributed by atoms with van der Waals surface area (Å²) in [6.45, 7) is 24.6. The highest BCUT2D eigenvalue weighted by atomic mass is 16.6. The van der Waals surface area contributed by atoms with Crippen molar-refractivity contribution in [2.75, 3.05) is 113 Å². The molecule has 0 saturated carbocycles. The molecule has 420 valence electrons. The molecule has 0 bridgehead atoms. The molecule has 3 aliphatic rings. The maximum absolute atomic E-state index is 14.4. The fourth-order valence-corrected chi connectivity index (χ4v) is 10.2. The van der Waals surface area contributed by atoms with E-state index in [1.807, 2.05) is 111 Å². The van der Waals surface area contributed by atoms with E-state index in [1.165, 1.54) is 9.91 Å². The van der Waals surface area contributed by atoms with Crippen molar-refractivity contribution in [3.8, 4) is 0 Å².